The highest BCUT2D eigenvalue weighted by molar-refractivity contribution is 7.80. The number of nitrogens with zero attached hydrogens (tertiary/aromatic N) is 1. The highest BCUT2D eigenvalue weighted by atomic mass is 32.1. The van der Waals surface area contributed by atoms with E-state index >= 15 is 0 Å². The average Bonchev–Trinajstić information content (AvgIpc) is 2.80. The van der Waals surface area contributed by atoms with Gasteiger partial charge >= 0.3 is 0 Å². The van der Waals surface area contributed by atoms with Gasteiger partial charge in [-0.15, -0.1) is 0 Å². The summed E-state index contributed by atoms with van der Waals surface area (Å²) >= 11 is 4.65. The van der Waals surface area contributed by atoms with Gasteiger partial charge in [-0.25, -0.2) is 8.78 Å². The van der Waals surface area contributed by atoms with E-state index in [4.69, 9.17) is 5.73 Å². The Hall–Kier alpha value is -1.27. The third kappa shape index (κ3) is 2.18. The fraction of sp³-hybridized carbons (Fsp3) is 0.417. The molecule has 1 aliphatic rings. The minimum Gasteiger partial charge on any atom is -0.394 e. The molecular formula is C12H14F2N2OS. The molecular weight excluding hydrogens is 258 g/mol. The van der Waals surface area contributed by atoms with Crippen molar-refractivity contribution in [3.05, 3.63) is 29.3 Å². The predicted molar refractivity (Wildman–Crippen MR) is 69.7 cm³/mol. The van der Waals surface area contributed by atoms with Crippen molar-refractivity contribution in [2.75, 3.05) is 18.1 Å². The molecule has 18 heavy (non-hydrogen) atoms. The van der Waals surface area contributed by atoms with Crippen LogP contribution in [0.25, 0.3) is 0 Å². The van der Waals surface area contributed by atoms with Gasteiger partial charge in [-0.05, 0) is 25.0 Å². The lowest BCUT2D eigenvalue weighted by Crippen LogP contribution is -2.33. The molecule has 1 atom stereocenters. The highest BCUT2D eigenvalue weighted by Crippen LogP contribution is 2.30. The van der Waals surface area contributed by atoms with E-state index in [0.717, 1.165) is 12.8 Å². The van der Waals surface area contributed by atoms with Gasteiger partial charge in [0.1, 0.15) is 4.99 Å². The van der Waals surface area contributed by atoms with E-state index in [1.165, 1.54) is 12.1 Å². The monoisotopic (exact) mass is 272 g/mol. The first-order chi connectivity index (χ1) is 8.56. The zero-order valence-electron chi connectivity index (χ0n) is 9.70. The summed E-state index contributed by atoms with van der Waals surface area (Å²) in [5, 5.41) is 9.20. The van der Waals surface area contributed by atoms with E-state index in [2.05, 4.69) is 12.2 Å². The lowest BCUT2D eigenvalue weighted by atomic mass is 10.1. The van der Waals surface area contributed by atoms with Crippen molar-refractivity contribution in [2.24, 2.45) is 5.73 Å². The number of nitrogens with two attached hydrogens (primary N) is 1. The zero-order valence-corrected chi connectivity index (χ0v) is 10.5. The van der Waals surface area contributed by atoms with Crippen molar-refractivity contribution in [1.29, 1.82) is 0 Å². The standard InChI is InChI=1S/C12H14F2N2OS/c13-10-8(12(15)18)3-4-9(11(10)14)16-5-1-2-7(16)6-17/h3-4,7,17H,1-2,5-6H2,(H2,15,18). The molecule has 2 rings (SSSR count). The number of hydrogen-bond acceptors (Lipinski definition) is 3. The van der Waals surface area contributed by atoms with Gasteiger partial charge in [-0.3, -0.25) is 0 Å². The quantitative estimate of drug-likeness (QED) is 0.820. The van der Waals surface area contributed by atoms with Crippen LogP contribution < -0.4 is 10.6 Å². The Kier molecular flexibility index (Phi) is 3.77. The molecule has 1 heterocycles. The molecule has 1 saturated heterocycles. The van der Waals surface area contributed by atoms with E-state index in [1.807, 2.05) is 0 Å². The van der Waals surface area contributed by atoms with Gasteiger partial charge in [0.05, 0.1) is 18.3 Å². The third-order valence-electron chi connectivity index (χ3n) is 3.22. The minimum atomic E-state index is -1.02. The summed E-state index contributed by atoms with van der Waals surface area (Å²) in [4.78, 5) is 1.51. The summed E-state index contributed by atoms with van der Waals surface area (Å²) < 4.78 is 27.7. The van der Waals surface area contributed by atoms with Crippen LogP contribution >= 0.6 is 12.2 Å². The Morgan fingerprint density at radius 1 is 1.44 bits per heavy atom. The molecule has 1 aliphatic heterocycles. The van der Waals surface area contributed by atoms with Crippen molar-refractivity contribution >= 4 is 22.9 Å². The largest absolute Gasteiger partial charge is 0.394 e. The normalized spacial score (nSPS) is 19.3. The lowest BCUT2D eigenvalue weighted by molar-refractivity contribution is 0.266. The predicted octanol–water partition coefficient (Wildman–Crippen LogP) is 1.56. The molecule has 1 aromatic rings. The van der Waals surface area contributed by atoms with Gasteiger partial charge in [-0.2, -0.15) is 0 Å². The van der Waals surface area contributed by atoms with Gasteiger partial charge in [0.2, 0.25) is 0 Å². The SMILES string of the molecule is NC(=S)c1ccc(N2CCCC2CO)c(F)c1F. The summed E-state index contributed by atoms with van der Waals surface area (Å²) in [6.45, 7) is 0.534. The average molecular weight is 272 g/mol. The maximum atomic E-state index is 14.0. The van der Waals surface area contributed by atoms with Gasteiger partial charge < -0.3 is 15.7 Å². The van der Waals surface area contributed by atoms with E-state index in [1.54, 1.807) is 4.90 Å². The number of anilines is 1. The second kappa shape index (κ2) is 5.16. The maximum absolute atomic E-state index is 14.0. The topological polar surface area (TPSA) is 49.5 Å². The Bertz CT molecular complexity index is 481. The summed E-state index contributed by atoms with van der Waals surface area (Å²) in [5.41, 5.74) is 5.38. The fourth-order valence-electron chi connectivity index (χ4n) is 2.29. The van der Waals surface area contributed by atoms with E-state index in [0.29, 0.717) is 6.54 Å². The second-order valence-corrected chi connectivity index (χ2v) is 4.74. The van der Waals surface area contributed by atoms with Crippen LogP contribution in [0.5, 0.6) is 0 Å². The van der Waals surface area contributed by atoms with Crippen LogP contribution in [0.15, 0.2) is 12.1 Å². The first kappa shape index (κ1) is 13.2. The lowest BCUT2D eigenvalue weighted by Gasteiger charge is -2.26. The van der Waals surface area contributed by atoms with Crippen molar-refractivity contribution in [1.82, 2.24) is 0 Å². The molecule has 0 spiro atoms. The molecule has 1 aromatic carbocycles. The molecule has 98 valence electrons. The molecule has 1 fully saturated rings. The van der Waals surface area contributed by atoms with Gasteiger partial charge in [0, 0.05) is 12.1 Å². The molecule has 1 unspecified atom stereocenters. The first-order valence-electron chi connectivity index (χ1n) is 5.71. The van der Waals surface area contributed by atoms with Gasteiger partial charge in [-0.1, -0.05) is 12.2 Å². The fourth-order valence-corrected chi connectivity index (χ4v) is 2.45. The van der Waals surface area contributed by atoms with Crippen LogP contribution in [-0.4, -0.2) is 29.3 Å². The smallest absolute Gasteiger partial charge is 0.182 e. The zero-order chi connectivity index (χ0) is 13.3. The summed E-state index contributed by atoms with van der Waals surface area (Å²) in [5.74, 6) is -1.98. The van der Waals surface area contributed by atoms with Crippen LogP contribution in [0.3, 0.4) is 0 Å². The molecule has 3 nitrogen and oxygen atoms in total. The molecule has 6 heteroatoms. The Morgan fingerprint density at radius 2 is 2.17 bits per heavy atom. The number of hydrogen-bond donors (Lipinski definition) is 2. The number of rotatable bonds is 3. The van der Waals surface area contributed by atoms with Gasteiger partial charge in [0.15, 0.2) is 11.6 Å². The molecule has 0 saturated carbocycles. The first-order valence-corrected chi connectivity index (χ1v) is 6.12. The van der Waals surface area contributed by atoms with Crippen LogP contribution in [0.1, 0.15) is 18.4 Å². The summed E-state index contributed by atoms with van der Waals surface area (Å²) in [6, 6.07) is 2.68. The van der Waals surface area contributed by atoms with Crippen molar-refractivity contribution in [3.63, 3.8) is 0 Å². The van der Waals surface area contributed by atoms with Crippen molar-refractivity contribution in [2.45, 2.75) is 18.9 Å². The number of benzene rings is 1. The minimum absolute atomic E-state index is 0.0713. The second-order valence-electron chi connectivity index (χ2n) is 4.30. The van der Waals surface area contributed by atoms with Crippen LogP contribution in [0.4, 0.5) is 14.5 Å². The van der Waals surface area contributed by atoms with E-state index in [-0.39, 0.29) is 28.9 Å². The Labute approximate surface area is 109 Å². The Balaban J connectivity index is 2.41. The molecule has 0 bridgehead atoms. The summed E-state index contributed by atoms with van der Waals surface area (Å²) in [7, 11) is 0. The highest BCUT2D eigenvalue weighted by Gasteiger charge is 2.28. The Morgan fingerprint density at radius 3 is 2.78 bits per heavy atom. The molecule has 0 aromatic heterocycles. The molecule has 0 aliphatic carbocycles. The molecule has 3 N–H and O–H groups in total. The van der Waals surface area contributed by atoms with Crippen molar-refractivity contribution < 1.29 is 13.9 Å². The molecule has 0 amide bonds. The number of thiocarbonyl (C=S) groups is 1. The third-order valence-corrected chi connectivity index (χ3v) is 3.44. The summed E-state index contributed by atoms with van der Waals surface area (Å²) in [6.07, 6.45) is 1.62. The van der Waals surface area contributed by atoms with E-state index in [9.17, 15) is 13.9 Å². The number of aliphatic hydroxyl groups is 1. The number of aliphatic hydroxyl groups excluding tert-OH is 1. The van der Waals surface area contributed by atoms with E-state index < -0.39 is 11.6 Å². The van der Waals surface area contributed by atoms with Crippen molar-refractivity contribution in [3.8, 4) is 0 Å². The number of halogens is 2. The maximum Gasteiger partial charge on any atom is 0.182 e. The van der Waals surface area contributed by atoms with Crippen LogP contribution in [-0.2, 0) is 0 Å². The molecule has 0 radical (unpaired) electrons. The van der Waals surface area contributed by atoms with Gasteiger partial charge in [0.25, 0.3) is 0 Å². The van der Waals surface area contributed by atoms with Crippen LogP contribution in [0.2, 0.25) is 0 Å². The van der Waals surface area contributed by atoms with Crippen LogP contribution in [0, 0.1) is 11.6 Å².